The van der Waals surface area contributed by atoms with Crippen LogP contribution >= 0.6 is 0 Å². The van der Waals surface area contributed by atoms with Gasteiger partial charge in [0, 0.05) is 32.7 Å². The van der Waals surface area contributed by atoms with Gasteiger partial charge in [-0.3, -0.25) is 9.69 Å². The van der Waals surface area contributed by atoms with Gasteiger partial charge in [0.15, 0.2) is 0 Å². The fourth-order valence-corrected chi connectivity index (χ4v) is 3.26. The minimum atomic E-state index is 0.125. The summed E-state index contributed by atoms with van der Waals surface area (Å²) in [5, 5.41) is 6.38. The number of amides is 1. The molecule has 2 saturated heterocycles. The molecule has 5 nitrogen and oxygen atoms in total. The van der Waals surface area contributed by atoms with Gasteiger partial charge < -0.3 is 15.4 Å². The molecule has 1 aromatic carbocycles. The summed E-state index contributed by atoms with van der Waals surface area (Å²) in [6.07, 6.45) is 2.09. The number of rotatable bonds is 5. The molecule has 0 radical (unpaired) electrons. The molecule has 0 saturated carbocycles. The third kappa shape index (κ3) is 5.03. The minimum absolute atomic E-state index is 0.125. The maximum absolute atomic E-state index is 12.2. The second kappa shape index (κ2) is 8.43. The third-order valence-electron chi connectivity index (χ3n) is 4.64. The van der Waals surface area contributed by atoms with Crippen LogP contribution in [0.4, 0.5) is 0 Å². The van der Waals surface area contributed by atoms with Crippen molar-refractivity contribution in [3.63, 3.8) is 0 Å². The van der Waals surface area contributed by atoms with Crippen LogP contribution in [0.5, 0.6) is 0 Å². The molecule has 2 aliphatic heterocycles. The number of benzene rings is 1. The average Bonchev–Trinajstić information content (AvgIpc) is 2.62. The van der Waals surface area contributed by atoms with E-state index >= 15 is 0 Å². The summed E-state index contributed by atoms with van der Waals surface area (Å²) < 4.78 is 5.39. The van der Waals surface area contributed by atoms with Gasteiger partial charge in [0.2, 0.25) is 5.91 Å². The number of nitrogens with one attached hydrogen (secondary N) is 2. The molecule has 0 aromatic heterocycles. The predicted molar refractivity (Wildman–Crippen MR) is 90.0 cm³/mol. The Morgan fingerprint density at radius 3 is 2.91 bits per heavy atom. The maximum atomic E-state index is 12.2. The monoisotopic (exact) mass is 317 g/mol. The van der Waals surface area contributed by atoms with Crippen LogP contribution < -0.4 is 10.6 Å². The van der Waals surface area contributed by atoms with Crippen LogP contribution in [0.2, 0.25) is 0 Å². The number of morpholine rings is 1. The molecule has 1 atom stereocenters. The zero-order chi connectivity index (χ0) is 15.9. The lowest BCUT2D eigenvalue weighted by molar-refractivity contribution is -0.125. The lowest BCUT2D eigenvalue weighted by Crippen LogP contribution is -2.40. The molecule has 0 spiro atoms. The molecule has 5 heteroatoms. The van der Waals surface area contributed by atoms with Gasteiger partial charge in [-0.1, -0.05) is 24.3 Å². The Bertz CT molecular complexity index is 509. The van der Waals surface area contributed by atoms with Gasteiger partial charge in [-0.2, -0.15) is 0 Å². The average molecular weight is 317 g/mol. The van der Waals surface area contributed by atoms with Crippen LogP contribution in [0.1, 0.15) is 24.0 Å². The number of carbonyl (C=O) groups is 1. The normalized spacial score (nSPS) is 22.7. The molecule has 2 fully saturated rings. The van der Waals surface area contributed by atoms with Gasteiger partial charge in [0.1, 0.15) is 0 Å². The van der Waals surface area contributed by atoms with Crippen molar-refractivity contribution in [1.29, 1.82) is 0 Å². The van der Waals surface area contributed by atoms with Crippen molar-refractivity contribution < 1.29 is 9.53 Å². The lowest BCUT2D eigenvalue weighted by Gasteiger charge is -2.26. The van der Waals surface area contributed by atoms with Crippen LogP contribution in [-0.2, 0) is 22.6 Å². The molecule has 2 heterocycles. The molecular weight excluding hydrogens is 290 g/mol. The zero-order valence-electron chi connectivity index (χ0n) is 13.7. The van der Waals surface area contributed by atoms with E-state index in [-0.39, 0.29) is 11.8 Å². The van der Waals surface area contributed by atoms with Crippen LogP contribution in [0.15, 0.2) is 24.3 Å². The van der Waals surface area contributed by atoms with E-state index in [2.05, 4.69) is 39.8 Å². The third-order valence-corrected chi connectivity index (χ3v) is 4.64. The first-order valence-electron chi connectivity index (χ1n) is 8.67. The van der Waals surface area contributed by atoms with E-state index in [1.165, 1.54) is 11.1 Å². The molecule has 0 bridgehead atoms. The molecule has 2 N–H and O–H groups in total. The van der Waals surface area contributed by atoms with E-state index in [4.69, 9.17) is 4.74 Å². The van der Waals surface area contributed by atoms with Crippen molar-refractivity contribution in [2.75, 3.05) is 39.4 Å². The predicted octanol–water partition coefficient (Wildman–Crippen LogP) is 1.13. The molecule has 1 unspecified atom stereocenters. The first kappa shape index (κ1) is 16.4. The van der Waals surface area contributed by atoms with E-state index in [0.29, 0.717) is 6.54 Å². The topological polar surface area (TPSA) is 53.6 Å². The van der Waals surface area contributed by atoms with Gasteiger partial charge in [0.25, 0.3) is 0 Å². The van der Waals surface area contributed by atoms with E-state index in [9.17, 15) is 4.79 Å². The first-order valence-corrected chi connectivity index (χ1v) is 8.67. The summed E-state index contributed by atoms with van der Waals surface area (Å²) in [6, 6.07) is 8.53. The number of hydrogen-bond donors (Lipinski definition) is 2. The highest BCUT2D eigenvalue weighted by Crippen LogP contribution is 2.12. The van der Waals surface area contributed by atoms with Crippen LogP contribution in [0.25, 0.3) is 0 Å². The largest absolute Gasteiger partial charge is 0.379 e. The number of hydrogen-bond acceptors (Lipinski definition) is 4. The lowest BCUT2D eigenvalue weighted by atomic mass is 9.99. The van der Waals surface area contributed by atoms with Gasteiger partial charge >= 0.3 is 0 Å². The Hall–Kier alpha value is -1.43. The second-order valence-electron chi connectivity index (χ2n) is 6.47. The minimum Gasteiger partial charge on any atom is -0.379 e. The number of ether oxygens (including phenoxy) is 1. The molecule has 1 amide bonds. The van der Waals surface area contributed by atoms with Crippen LogP contribution in [0, 0.1) is 5.92 Å². The summed E-state index contributed by atoms with van der Waals surface area (Å²) >= 11 is 0. The fourth-order valence-electron chi connectivity index (χ4n) is 3.26. The molecule has 2 aliphatic rings. The van der Waals surface area contributed by atoms with E-state index in [1.54, 1.807) is 0 Å². The standard InChI is InChI=1S/C18H27N3O2/c22-18(17-5-2-6-19-13-17)20-12-15-3-1-4-16(11-15)14-21-7-9-23-10-8-21/h1,3-4,11,17,19H,2,5-10,12-14H2,(H,20,22). The van der Waals surface area contributed by atoms with Crippen molar-refractivity contribution >= 4 is 5.91 Å². The zero-order valence-corrected chi connectivity index (χ0v) is 13.7. The van der Waals surface area contributed by atoms with Gasteiger partial charge in [-0.15, -0.1) is 0 Å². The molecular formula is C18H27N3O2. The van der Waals surface area contributed by atoms with Gasteiger partial charge in [-0.25, -0.2) is 0 Å². The quantitative estimate of drug-likeness (QED) is 0.855. The fraction of sp³-hybridized carbons (Fsp3) is 0.611. The van der Waals surface area contributed by atoms with Crippen LogP contribution in [-0.4, -0.2) is 50.2 Å². The maximum Gasteiger partial charge on any atom is 0.224 e. The number of piperidine rings is 1. The highest BCUT2D eigenvalue weighted by Gasteiger charge is 2.20. The summed E-state index contributed by atoms with van der Waals surface area (Å²) in [5.74, 6) is 0.302. The summed E-state index contributed by atoms with van der Waals surface area (Å²) in [4.78, 5) is 14.6. The smallest absolute Gasteiger partial charge is 0.224 e. The summed E-state index contributed by atoms with van der Waals surface area (Å²) in [6.45, 7) is 7.06. The van der Waals surface area contributed by atoms with Crippen molar-refractivity contribution in [1.82, 2.24) is 15.5 Å². The van der Waals surface area contributed by atoms with E-state index in [0.717, 1.165) is 58.8 Å². The summed E-state index contributed by atoms with van der Waals surface area (Å²) in [5.41, 5.74) is 2.48. The van der Waals surface area contributed by atoms with Crippen molar-refractivity contribution in [2.24, 2.45) is 5.92 Å². The van der Waals surface area contributed by atoms with Crippen molar-refractivity contribution in [2.45, 2.75) is 25.9 Å². The Morgan fingerprint density at radius 1 is 1.30 bits per heavy atom. The van der Waals surface area contributed by atoms with E-state index < -0.39 is 0 Å². The number of nitrogens with zero attached hydrogens (tertiary/aromatic N) is 1. The molecule has 0 aliphatic carbocycles. The first-order chi connectivity index (χ1) is 11.3. The molecule has 23 heavy (non-hydrogen) atoms. The molecule has 1 aromatic rings. The van der Waals surface area contributed by atoms with Gasteiger partial charge in [0.05, 0.1) is 19.1 Å². The Morgan fingerprint density at radius 2 is 2.13 bits per heavy atom. The van der Waals surface area contributed by atoms with Crippen molar-refractivity contribution in [3.8, 4) is 0 Å². The SMILES string of the molecule is O=C(NCc1cccc(CN2CCOCC2)c1)C1CCCNC1. The van der Waals surface area contributed by atoms with Gasteiger partial charge in [-0.05, 0) is 30.5 Å². The number of carbonyl (C=O) groups excluding carboxylic acids is 1. The van der Waals surface area contributed by atoms with E-state index in [1.807, 2.05) is 0 Å². The highest BCUT2D eigenvalue weighted by atomic mass is 16.5. The molecule has 126 valence electrons. The molecule has 3 rings (SSSR count). The summed E-state index contributed by atoms with van der Waals surface area (Å²) in [7, 11) is 0. The highest BCUT2D eigenvalue weighted by molar-refractivity contribution is 5.78. The second-order valence-corrected chi connectivity index (χ2v) is 6.47. The van der Waals surface area contributed by atoms with Crippen LogP contribution in [0.3, 0.4) is 0 Å². The van der Waals surface area contributed by atoms with Crippen molar-refractivity contribution in [3.05, 3.63) is 35.4 Å². The Kier molecular flexibility index (Phi) is 6.02. The Labute approximate surface area is 138 Å². The Balaban J connectivity index is 1.49.